The van der Waals surface area contributed by atoms with Gasteiger partial charge in [0.2, 0.25) is 0 Å². The quantitative estimate of drug-likeness (QED) is 0.716. The van der Waals surface area contributed by atoms with E-state index >= 15 is 0 Å². The van der Waals surface area contributed by atoms with Crippen molar-refractivity contribution >= 4 is 22.5 Å². The highest BCUT2D eigenvalue weighted by atomic mass is 32.3. The van der Waals surface area contributed by atoms with E-state index in [1.54, 1.807) is 0 Å². The van der Waals surface area contributed by atoms with E-state index in [0.29, 0.717) is 5.56 Å². The van der Waals surface area contributed by atoms with Gasteiger partial charge in [0.1, 0.15) is 17.1 Å². The van der Waals surface area contributed by atoms with Crippen molar-refractivity contribution in [1.29, 1.82) is 0 Å². The Morgan fingerprint density at radius 2 is 1.85 bits per heavy atom. The van der Waals surface area contributed by atoms with Gasteiger partial charge >= 0.3 is 6.36 Å². The van der Waals surface area contributed by atoms with Gasteiger partial charge in [-0.15, -0.1) is 23.9 Å². The van der Waals surface area contributed by atoms with Crippen LogP contribution in [0.15, 0.2) is 41.2 Å². The van der Waals surface area contributed by atoms with Crippen LogP contribution in [0.4, 0.5) is 13.2 Å². The second kappa shape index (κ2) is 6.82. The molecule has 1 aromatic rings. The summed E-state index contributed by atoms with van der Waals surface area (Å²) in [4.78, 5) is 16.9. The maximum Gasteiger partial charge on any atom is 0.573 e. The van der Waals surface area contributed by atoms with Crippen LogP contribution in [-0.4, -0.2) is 50.1 Å². The molecule has 0 bridgehead atoms. The fourth-order valence-corrected chi connectivity index (χ4v) is 3.97. The van der Waals surface area contributed by atoms with Crippen molar-refractivity contribution < 1.29 is 31.8 Å². The van der Waals surface area contributed by atoms with Gasteiger partial charge in [-0.1, -0.05) is 6.58 Å². The molecule has 3 N–H and O–H groups in total. The number of ether oxygens (including phenoxy) is 1. The molecule has 0 atom stereocenters. The zero-order chi connectivity index (χ0) is 19.9. The summed E-state index contributed by atoms with van der Waals surface area (Å²) in [5.41, 5.74) is -0.573. The van der Waals surface area contributed by atoms with Crippen LogP contribution in [0, 0.1) is 0 Å². The van der Waals surface area contributed by atoms with E-state index in [-0.39, 0.29) is 43.4 Å². The number of carbonyl (C=O) groups excluding carboxylic acids is 1. The normalized spacial score (nSPS) is 20.9. The van der Waals surface area contributed by atoms with Gasteiger partial charge in [-0.3, -0.25) is 18.9 Å². The Bertz CT molecular complexity index is 772. The van der Waals surface area contributed by atoms with Crippen molar-refractivity contribution in [2.75, 3.05) is 13.1 Å². The summed E-state index contributed by atoms with van der Waals surface area (Å²) in [6.07, 6.45) is -4.22. The summed E-state index contributed by atoms with van der Waals surface area (Å²) in [6, 6.07) is 5.04. The SMILES string of the molecule is C=CS(O)(O)N1CCC2(CC1)N=C(c1ccc(OC(F)(F)F)cc1)NC2=O. The monoisotopic (exact) mass is 405 g/mol. The van der Waals surface area contributed by atoms with Crippen molar-refractivity contribution in [1.82, 2.24) is 9.62 Å². The average Bonchev–Trinajstić information content (AvgIpc) is 2.91. The Kier molecular flexibility index (Phi) is 4.97. The predicted octanol–water partition coefficient (Wildman–Crippen LogP) is 3.11. The summed E-state index contributed by atoms with van der Waals surface area (Å²) in [6.45, 7) is 3.89. The van der Waals surface area contributed by atoms with Crippen LogP contribution in [-0.2, 0) is 4.79 Å². The highest BCUT2D eigenvalue weighted by molar-refractivity contribution is 8.24. The van der Waals surface area contributed by atoms with E-state index in [0.717, 1.165) is 17.5 Å². The standard InChI is InChI=1S/C16H18F3N3O4S/c1-2-27(24,25)22-9-7-15(8-10-22)14(23)20-13(21-15)11-3-5-12(6-4-11)26-16(17,18)19/h2-6,24-25H,1,7-10H2,(H,20,21,23). The van der Waals surface area contributed by atoms with Crippen LogP contribution in [0.2, 0.25) is 0 Å². The van der Waals surface area contributed by atoms with Crippen LogP contribution in [0.1, 0.15) is 18.4 Å². The lowest BCUT2D eigenvalue weighted by Crippen LogP contribution is -2.49. The molecule has 1 saturated heterocycles. The molecule has 148 valence electrons. The van der Waals surface area contributed by atoms with Crippen LogP contribution in [0.3, 0.4) is 0 Å². The minimum atomic E-state index is -4.78. The Morgan fingerprint density at radius 3 is 2.37 bits per heavy atom. The molecule has 0 unspecified atom stereocenters. The number of amidine groups is 1. The number of piperidine rings is 1. The van der Waals surface area contributed by atoms with E-state index in [9.17, 15) is 27.1 Å². The molecule has 0 radical (unpaired) electrons. The molecule has 0 saturated carbocycles. The second-order valence-electron chi connectivity index (χ2n) is 6.18. The molecule has 0 aliphatic carbocycles. The van der Waals surface area contributed by atoms with Gasteiger partial charge in [0.05, 0.1) is 0 Å². The van der Waals surface area contributed by atoms with E-state index in [1.165, 1.54) is 16.4 Å². The van der Waals surface area contributed by atoms with Crippen molar-refractivity contribution in [3.63, 3.8) is 0 Å². The highest BCUT2D eigenvalue weighted by Gasteiger charge is 2.47. The van der Waals surface area contributed by atoms with Gasteiger partial charge in [-0.05, 0) is 37.1 Å². The first-order valence-corrected chi connectivity index (χ1v) is 9.55. The molecule has 3 rings (SSSR count). The zero-order valence-corrected chi connectivity index (χ0v) is 14.9. The first-order valence-electron chi connectivity index (χ1n) is 7.98. The minimum absolute atomic E-state index is 0.247. The summed E-state index contributed by atoms with van der Waals surface area (Å²) in [5.74, 6) is -0.418. The van der Waals surface area contributed by atoms with Gasteiger partial charge in [-0.2, -0.15) is 0 Å². The molecule has 1 fully saturated rings. The van der Waals surface area contributed by atoms with E-state index in [1.807, 2.05) is 0 Å². The van der Waals surface area contributed by atoms with Gasteiger partial charge < -0.3 is 10.1 Å². The zero-order valence-electron chi connectivity index (χ0n) is 14.1. The van der Waals surface area contributed by atoms with E-state index in [2.05, 4.69) is 21.6 Å². The molecule has 1 spiro atoms. The number of nitrogens with one attached hydrogen (secondary N) is 1. The van der Waals surface area contributed by atoms with Crippen molar-refractivity contribution in [3.05, 3.63) is 41.8 Å². The minimum Gasteiger partial charge on any atom is -0.406 e. The third kappa shape index (κ3) is 4.10. The number of nitrogens with zero attached hydrogens (tertiary/aromatic N) is 2. The first kappa shape index (κ1) is 19.7. The maximum atomic E-state index is 12.5. The molecule has 2 aliphatic rings. The van der Waals surface area contributed by atoms with Crippen LogP contribution >= 0.6 is 10.8 Å². The number of hydrogen-bond acceptors (Lipinski definition) is 6. The van der Waals surface area contributed by atoms with E-state index in [4.69, 9.17) is 0 Å². The van der Waals surface area contributed by atoms with Crippen molar-refractivity contribution in [2.45, 2.75) is 24.7 Å². The van der Waals surface area contributed by atoms with Gasteiger partial charge in [0, 0.05) is 24.1 Å². The third-order valence-corrected chi connectivity index (χ3v) is 6.07. The lowest BCUT2D eigenvalue weighted by Gasteiger charge is -2.45. The molecule has 7 nitrogen and oxygen atoms in total. The topological polar surface area (TPSA) is 94.4 Å². The largest absolute Gasteiger partial charge is 0.573 e. The highest BCUT2D eigenvalue weighted by Crippen LogP contribution is 2.47. The summed E-state index contributed by atoms with van der Waals surface area (Å²) in [5, 5.41) is 3.74. The molecule has 2 heterocycles. The Balaban J connectivity index is 1.74. The summed E-state index contributed by atoms with van der Waals surface area (Å²) in [7, 11) is -3.06. The molecule has 11 heteroatoms. The summed E-state index contributed by atoms with van der Waals surface area (Å²) < 4.78 is 61.8. The predicted molar refractivity (Wildman–Crippen MR) is 94.4 cm³/mol. The second-order valence-corrected chi connectivity index (χ2v) is 8.15. The van der Waals surface area contributed by atoms with Gasteiger partial charge in [-0.25, -0.2) is 4.31 Å². The van der Waals surface area contributed by atoms with Gasteiger partial charge in [0.15, 0.2) is 0 Å². The Morgan fingerprint density at radius 1 is 1.26 bits per heavy atom. The lowest BCUT2D eigenvalue weighted by molar-refractivity contribution is -0.274. The van der Waals surface area contributed by atoms with Crippen LogP contribution in [0.5, 0.6) is 5.75 Å². The number of rotatable bonds is 4. The number of amides is 1. The van der Waals surface area contributed by atoms with E-state index < -0.39 is 22.7 Å². The molecule has 1 aromatic carbocycles. The van der Waals surface area contributed by atoms with Crippen LogP contribution < -0.4 is 10.1 Å². The lowest BCUT2D eigenvalue weighted by atomic mass is 9.89. The average molecular weight is 405 g/mol. The first-order chi connectivity index (χ1) is 12.5. The van der Waals surface area contributed by atoms with Crippen LogP contribution in [0.25, 0.3) is 0 Å². The number of hydrogen-bond donors (Lipinski definition) is 3. The maximum absolute atomic E-state index is 12.5. The number of carbonyl (C=O) groups is 1. The molecular formula is C16H18F3N3O4S. The number of aliphatic imine (C=N–C) groups is 1. The molecular weight excluding hydrogens is 387 g/mol. The van der Waals surface area contributed by atoms with Crippen molar-refractivity contribution in [3.8, 4) is 5.75 Å². The fourth-order valence-electron chi connectivity index (χ4n) is 3.04. The van der Waals surface area contributed by atoms with Gasteiger partial charge in [0.25, 0.3) is 5.91 Å². The third-order valence-electron chi connectivity index (χ3n) is 4.49. The molecule has 2 aliphatic heterocycles. The smallest absolute Gasteiger partial charge is 0.406 e. The molecule has 1 amide bonds. The van der Waals surface area contributed by atoms with Crippen molar-refractivity contribution in [2.24, 2.45) is 4.99 Å². The number of benzene rings is 1. The molecule has 27 heavy (non-hydrogen) atoms. The molecule has 0 aromatic heterocycles. The number of halogens is 3. The fraction of sp³-hybridized carbons (Fsp3) is 0.375. The Hall–Kier alpha value is -2.08. The summed E-state index contributed by atoms with van der Waals surface area (Å²) >= 11 is 0. The Labute approximate surface area is 155 Å². The number of alkyl halides is 3.